The van der Waals surface area contributed by atoms with E-state index < -0.39 is 0 Å². The fourth-order valence-electron chi connectivity index (χ4n) is 2.27. The van der Waals surface area contributed by atoms with Gasteiger partial charge in [-0.05, 0) is 23.6 Å². The molecule has 0 radical (unpaired) electrons. The van der Waals surface area contributed by atoms with Crippen LogP contribution in [0.1, 0.15) is 25.3 Å². The van der Waals surface area contributed by atoms with Gasteiger partial charge >= 0.3 is 0 Å². The Morgan fingerprint density at radius 2 is 1.65 bits per heavy atom. The second-order valence-corrected chi connectivity index (χ2v) is 5.62. The summed E-state index contributed by atoms with van der Waals surface area (Å²) in [6.45, 7) is 4.29. The first kappa shape index (κ1) is 15.0. The van der Waals surface area contributed by atoms with Crippen molar-refractivity contribution in [2.75, 3.05) is 5.32 Å². The smallest absolute Gasteiger partial charge is 0.279 e. The van der Waals surface area contributed by atoms with Gasteiger partial charge in [0.1, 0.15) is 0 Å². The third-order valence-corrected chi connectivity index (χ3v) is 3.58. The van der Waals surface area contributed by atoms with Crippen molar-refractivity contribution in [1.82, 2.24) is 15.2 Å². The molecule has 2 aromatic carbocycles. The van der Waals surface area contributed by atoms with E-state index in [0.717, 1.165) is 11.3 Å². The molecule has 0 unspecified atom stereocenters. The number of nitrogens with zero attached hydrogens (tertiary/aromatic N) is 2. The maximum Gasteiger partial charge on any atom is 0.279 e. The molecule has 5 nitrogen and oxygen atoms in total. The molecule has 1 heterocycles. The Balaban J connectivity index is 1.82. The van der Waals surface area contributed by atoms with Gasteiger partial charge in [-0.3, -0.25) is 9.78 Å². The van der Waals surface area contributed by atoms with Crippen molar-refractivity contribution in [1.29, 1.82) is 0 Å². The Morgan fingerprint density at radius 3 is 2.26 bits per heavy atom. The lowest BCUT2D eigenvalue weighted by atomic mass is 10.0. The lowest BCUT2D eigenvalue weighted by Gasteiger charge is -2.08. The van der Waals surface area contributed by atoms with Gasteiger partial charge in [0.2, 0.25) is 5.95 Å². The van der Waals surface area contributed by atoms with Gasteiger partial charge in [-0.2, -0.15) is 0 Å². The molecular formula is C18H18N4O. The molecule has 0 amide bonds. The predicted octanol–water partition coefficient (Wildman–Crippen LogP) is 3.70. The van der Waals surface area contributed by atoms with Gasteiger partial charge in [-0.15, -0.1) is 10.2 Å². The minimum Gasteiger partial charge on any atom is -0.324 e. The number of hydrogen-bond acceptors (Lipinski definition) is 4. The summed E-state index contributed by atoms with van der Waals surface area (Å²) in [5, 5.41) is 11.1. The molecule has 0 saturated carbocycles. The zero-order chi connectivity index (χ0) is 16.2. The molecule has 0 bridgehead atoms. The van der Waals surface area contributed by atoms with Crippen LogP contribution in [0.5, 0.6) is 0 Å². The van der Waals surface area contributed by atoms with Crippen LogP contribution in [0.25, 0.3) is 11.3 Å². The van der Waals surface area contributed by atoms with Crippen LogP contribution in [0.2, 0.25) is 0 Å². The van der Waals surface area contributed by atoms with Crippen LogP contribution in [0.3, 0.4) is 0 Å². The van der Waals surface area contributed by atoms with E-state index in [9.17, 15) is 4.79 Å². The summed E-state index contributed by atoms with van der Waals surface area (Å²) < 4.78 is 0. The third kappa shape index (κ3) is 3.45. The van der Waals surface area contributed by atoms with E-state index in [0.29, 0.717) is 17.6 Å². The fourth-order valence-corrected chi connectivity index (χ4v) is 2.27. The average molecular weight is 306 g/mol. The van der Waals surface area contributed by atoms with E-state index >= 15 is 0 Å². The van der Waals surface area contributed by atoms with Crippen LogP contribution in [-0.2, 0) is 0 Å². The van der Waals surface area contributed by atoms with Gasteiger partial charge < -0.3 is 5.32 Å². The van der Waals surface area contributed by atoms with Crippen LogP contribution in [0.4, 0.5) is 11.6 Å². The molecule has 0 atom stereocenters. The van der Waals surface area contributed by atoms with Gasteiger partial charge in [0, 0.05) is 11.3 Å². The first-order chi connectivity index (χ1) is 11.1. The van der Waals surface area contributed by atoms with Crippen LogP contribution < -0.4 is 10.9 Å². The summed E-state index contributed by atoms with van der Waals surface area (Å²) in [5.41, 5.74) is 2.90. The monoisotopic (exact) mass is 306 g/mol. The summed E-state index contributed by atoms with van der Waals surface area (Å²) in [6.07, 6.45) is 0. The highest BCUT2D eigenvalue weighted by molar-refractivity contribution is 5.58. The Hall–Kier alpha value is -2.95. The topological polar surface area (TPSA) is 70.7 Å². The highest BCUT2D eigenvalue weighted by atomic mass is 16.1. The lowest BCUT2D eigenvalue weighted by Crippen LogP contribution is -2.15. The van der Waals surface area contributed by atoms with Gasteiger partial charge in [0.15, 0.2) is 5.69 Å². The summed E-state index contributed by atoms with van der Waals surface area (Å²) in [4.78, 5) is 14.9. The van der Waals surface area contributed by atoms with E-state index in [1.807, 2.05) is 42.5 Å². The van der Waals surface area contributed by atoms with Crippen molar-refractivity contribution in [3.8, 4) is 11.3 Å². The number of benzene rings is 2. The minimum absolute atomic E-state index is 0.271. The maximum atomic E-state index is 12.2. The zero-order valence-electron chi connectivity index (χ0n) is 13.1. The molecule has 0 aliphatic heterocycles. The molecule has 3 aromatic rings. The molecule has 1 aromatic heterocycles. The standard InChI is InChI=1S/C18H18N4O/c1-12(2)13-8-10-15(11-9-13)19-18-20-17(23)16(21-22-18)14-6-4-3-5-7-14/h3-12H,1-2H3,(H2,19,20,22,23). The highest BCUT2D eigenvalue weighted by Crippen LogP contribution is 2.19. The number of hydrogen-bond donors (Lipinski definition) is 2. The summed E-state index contributed by atoms with van der Waals surface area (Å²) >= 11 is 0. The number of nitrogens with one attached hydrogen (secondary N) is 2. The third-order valence-electron chi connectivity index (χ3n) is 3.58. The second kappa shape index (κ2) is 6.44. The Bertz CT molecular complexity index is 839. The SMILES string of the molecule is CC(C)c1ccc(Nc2nnc(-c3ccccc3)c(=O)[nH]2)cc1. The summed E-state index contributed by atoms with van der Waals surface area (Å²) in [5.74, 6) is 0.806. The zero-order valence-corrected chi connectivity index (χ0v) is 13.1. The van der Waals surface area contributed by atoms with Crippen molar-refractivity contribution >= 4 is 11.6 Å². The number of rotatable bonds is 4. The molecule has 116 valence electrons. The molecule has 0 spiro atoms. The summed E-state index contributed by atoms with van der Waals surface area (Å²) in [7, 11) is 0. The quantitative estimate of drug-likeness (QED) is 0.771. The van der Waals surface area contributed by atoms with E-state index in [4.69, 9.17) is 0 Å². The van der Waals surface area contributed by atoms with E-state index in [1.165, 1.54) is 5.56 Å². The van der Waals surface area contributed by atoms with Crippen molar-refractivity contribution in [3.05, 3.63) is 70.5 Å². The van der Waals surface area contributed by atoms with Crippen molar-refractivity contribution < 1.29 is 0 Å². The normalized spacial score (nSPS) is 10.7. The number of anilines is 2. The number of aromatic amines is 1. The molecule has 3 rings (SSSR count). The Labute approximate surface area is 134 Å². The van der Waals surface area contributed by atoms with Crippen molar-refractivity contribution in [2.45, 2.75) is 19.8 Å². The van der Waals surface area contributed by atoms with Crippen LogP contribution in [0.15, 0.2) is 59.4 Å². The first-order valence-electron chi connectivity index (χ1n) is 7.53. The Kier molecular flexibility index (Phi) is 4.19. The van der Waals surface area contributed by atoms with Crippen LogP contribution >= 0.6 is 0 Å². The van der Waals surface area contributed by atoms with Gasteiger partial charge in [0.25, 0.3) is 5.56 Å². The number of H-pyrrole nitrogens is 1. The second-order valence-electron chi connectivity index (χ2n) is 5.62. The average Bonchev–Trinajstić information content (AvgIpc) is 2.56. The maximum absolute atomic E-state index is 12.2. The highest BCUT2D eigenvalue weighted by Gasteiger charge is 2.07. The number of aromatic nitrogens is 3. The lowest BCUT2D eigenvalue weighted by molar-refractivity contribution is 0.867. The van der Waals surface area contributed by atoms with Crippen LogP contribution in [0, 0.1) is 0 Å². The predicted molar refractivity (Wildman–Crippen MR) is 91.9 cm³/mol. The minimum atomic E-state index is -0.271. The van der Waals surface area contributed by atoms with Crippen LogP contribution in [-0.4, -0.2) is 15.2 Å². The van der Waals surface area contributed by atoms with E-state index in [1.54, 1.807) is 0 Å². The molecule has 0 saturated heterocycles. The van der Waals surface area contributed by atoms with E-state index in [-0.39, 0.29) is 5.56 Å². The Morgan fingerprint density at radius 1 is 0.957 bits per heavy atom. The summed E-state index contributed by atoms with van der Waals surface area (Å²) in [6, 6.07) is 17.3. The molecule has 0 aliphatic rings. The molecule has 0 fully saturated rings. The fraction of sp³-hybridized carbons (Fsp3) is 0.167. The van der Waals surface area contributed by atoms with Gasteiger partial charge in [-0.25, -0.2) is 0 Å². The van der Waals surface area contributed by atoms with Crippen molar-refractivity contribution in [3.63, 3.8) is 0 Å². The van der Waals surface area contributed by atoms with E-state index in [2.05, 4.69) is 46.5 Å². The van der Waals surface area contributed by atoms with Gasteiger partial charge in [0.05, 0.1) is 0 Å². The molecule has 0 aliphatic carbocycles. The van der Waals surface area contributed by atoms with Gasteiger partial charge in [-0.1, -0.05) is 56.3 Å². The largest absolute Gasteiger partial charge is 0.324 e. The van der Waals surface area contributed by atoms with Crippen molar-refractivity contribution in [2.24, 2.45) is 0 Å². The molecule has 5 heteroatoms. The molecular weight excluding hydrogens is 288 g/mol. The molecule has 2 N–H and O–H groups in total. The first-order valence-corrected chi connectivity index (χ1v) is 7.53. The molecule has 23 heavy (non-hydrogen) atoms.